The molecular formula is C14H16F3NO3. The number of carbonyl (C=O) groups is 2. The highest BCUT2D eigenvalue weighted by molar-refractivity contribution is 5.83. The number of rotatable bonds is 7. The summed E-state index contributed by atoms with van der Waals surface area (Å²) in [5.41, 5.74) is 0.897. The van der Waals surface area contributed by atoms with E-state index in [1.54, 1.807) is 12.1 Å². The summed E-state index contributed by atoms with van der Waals surface area (Å²) in [4.78, 5) is 22.4. The van der Waals surface area contributed by atoms with E-state index in [2.05, 4.69) is 5.32 Å². The lowest BCUT2D eigenvalue weighted by Crippen LogP contribution is -2.41. The monoisotopic (exact) mass is 303 g/mol. The van der Waals surface area contributed by atoms with E-state index in [4.69, 9.17) is 5.11 Å². The molecule has 0 heterocycles. The first-order valence-electron chi connectivity index (χ1n) is 6.41. The Kier molecular flexibility index (Phi) is 6.20. The Morgan fingerprint density at radius 1 is 1.19 bits per heavy atom. The van der Waals surface area contributed by atoms with Crippen LogP contribution < -0.4 is 5.32 Å². The predicted molar refractivity (Wildman–Crippen MR) is 69.6 cm³/mol. The Hall–Kier alpha value is -2.05. The summed E-state index contributed by atoms with van der Waals surface area (Å²) in [6.45, 7) is 0. The van der Waals surface area contributed by atoms with Gasteiger partial charge in [0.2, 0.25) is 5.91 Å². The van der Waals surface area contributed by atoms with Gasteiger partial charge in [-0.3, -0.25) is 4.79 Å². The van der Waals surface area contributed by atoms with Gasteiger partial charge < -0.3 is 10.4 Å². The van der Waals surface area contributed by atoms with Crippen molar-refractivity contribution in [1.29, 1.82) is 0 Å². The minimum atomic E-state index is -4.43. The van der Waals surface area contributed by atoms with Crippen molar-refractivity contribution in [2.75, 3.05) is 0 Å². The Bertz CT molecular complexity index is 474. The fourth-order valence-corrected chi connectivity index (χ4v) is 1.73. The van der Waals surface area contributed by atoms with Crippen LogP contribution in [0.3, 0.4) is 0 Å². The molecule has 0 bridgehead atoms. The Morgan fingerprint density at radius 2 is 1.81 bits per heavy atom. The topological polar surface area (TPSA) is 66.4 Å². The molecule has 2 N–H and O–H groups in total. The lowest BCUT2D eigenvalue weighted by molar-refractivity contribution is -0.147. The molecule has 0 radical (unpaired) electrons. The minimum Gasteiger partial charge on any atom is -0.480 e. The highest BCUT2D eigenvalue weighted by Gasteiger charge is 2.29. The van der Waals surface area contributed by atoms with Gasteiger partial charge in [-0.2, -0.15) is 13.2 Å². The molecular weight excluding hydrogens is 287 g/mol. The summed E-state index contributed by atoms with van der Waals surface area (Å²) in [7, 11) is 0. The van der Waals surface area contributed by atoms with Gasteiger partial charge in [-0.1, -0.05) is 30.3 Å². The average Bonchev–Trinajstić information content (AvgIpc) is 2.41. The number of aliphatic carboxylic acids is 1. The van der Waals surface area contributed by atoms with Crippen molar-refractivity contribution in [3.05, 3.63) is 35.9 Å². The van der Waals surface area contributed by atoms with Gasteiger partial charge in [0.25, 0.3) is 0 Å². The second-order valence-electron chi connectivity index (χ2n) is 4.60. The molecule has 0 saturated heterocycles. The standard InChI is InChI=1S/C14H16F3NO3/c15-14(16,17)9-8-12(19)18-11(13(20)21)7-6-10-4-2-1-3-5-10/h1-5,11H,6-9H2,(H,18,19)(H,20,21)/t11-/m0/s1. The van der Waals surface area contributed by atoms with Crippen LogP contribution in [-0.4, -0.2) is 29.2 Å². The maximum atomic E-state index is 12.0. The van der Waals surface area contributed by atoms with Crippen molar-refractivity contribution in [3.8, 4) is 0 Å². The highest BCUT2D eigenvalue weighted by Crippen LogP contribution is 2.21. The molecule has 0 unspecified atom stereocenters. The van der Waals surface area contributed by atoms with Crippen molar-refractivity contribution in [1.82, 2.24) is 5.32 Å². The fourth-order valence-electron chi connectivity index (χ4n) is 1.73. The Morgan fingerprint density at radius 3 is 2.33 bits per heavy atom. The highest BCUT2D eigenvalue weighted by atomic mass is 19.4. The van der Waals surface area contributed by atoms with Crippen LogP contribution in [0.1, 0.15) is 24.8 Å². The van der Waals surface area contributed by atoms with E-state index in [0.29, 0.717) is 6.42 Å². The summed E-state index contributed by atoms with van der Waals surface area (Å²) in [6, 6.07) is 7.84. The number of hydrogen-bond donors (Lipinski definition) is 2. The van der Waals surface area contributed by atoms with Crippen LogP contribution >= 0.6 is 0 Å². The van der Waals surface area contributed by atoms with Crippen LogP contribution in [0.25, 0.3) is 0 Å². The molecule has 1 atom stereocenters. The molecule has 1 amide bonds. The van der Waals surface area contributed by atoms with Crippen molar-refractivity contribution < 1.29 is 27.9 Å². The number of carbonyl (C=O) groups excluding carboxylic acids is 1. The molecule has 0 spiro atoms. The quantitative estimate of drug-likeness (QED) is 0.813. The number of alkyl halides is 3. The number of amides is 1. The maximum absolute atomic E-state index is 12.0. The van der Waals surface area contributed by atoms with Gasteiger partial charge in [0.05, 0.1) is 6.42 Å². The van der Waals surface area contributed by atoms with E-state index in [0.717, 1.165) is 5.56 Å². The second-order valence-corrected chi connectivity index (χ2v) is 4.60. The molecule has 0 aliphatic rings. The van der Waals surface area contributed by atoms with Crippen LogP contribution in [0.4, 0.5) is 13.2 Å². The average molecular weight is 303 g/mol. The van der Waals surface area contributed by atoms with E-state index < -0.39 is 36.9 Å². The Labute approximate surface area is 120 Å². The van der Waals surface area contributed by atoms with Crippen LogP contribution in [0.5, 0.6) is 0 Å². The predicted octanol–water partition coefficient (Wildman–Crippen LogP) is 2.53. The maximum Gasteiger partial charge on any atom is 0.389 e. The van der Waals surface area contributed by atoms with Crippen molar-refractivity contribution >= 4 is 11.9 Å². The number of carboxylic acids is 1. The number of benzene rings is 1. The van der Waals surface area contributed by atoms with Crippen molar-refractivity contribution in [2.24, 2.45) is 0 Å². The zero-order valence-corrected chi connectivity index (χ0v) is 11.2. The van der Waals surface area contributed by atoms with Gasteiger partial charge in [0.15, 0.2) is 0 Å². The first-order chi connectivity index (χ1) is 9.78. The number of aryl methyl sites for hydroxylation is 1. The van der Waals surface area contributed by atoms with E-state index in [1.165, 1.54) is 0 Å². The zero-order chi connectivity index (χ0) is 15.9. The minimum absolute atomic E-state index is 0.122. The third-order valence-electron chi connectivity index (χ3n) is 2.83. The summed E-state index contributed by atoms with van der Waals surface area (Å²) >= 11 is 0. The van der Waals surface area contributed by atoms with Crippen molar-refractivity contribution in [3.63, 3.8) is 0 Å². The van der Waals surface area contributed by atoms with Gasteiger partial charge in [0.1, 0.15) is 6.04 Å². The molecule has 21 heavy (non-hydrogen) atoms. The molecule has 7 heteroatoms. The SMILES string of the molecule is O=C(CCC(F)(F)F)N[C@@H](CCc1ccccc1)C(=O)O. The lowest BCUT2D eigenvalue weighted by atomic mass is 10.1. The first kappa shape index (κ1) is 17.0. The van der Waals surface area contributed by atoms with Gasteiger partial charge in [-0.15, -0.1) is 0 Å². The molecule has 0 aromatic heterocycles. The molecule has 116 valence electrons. The molecule has 0 saturated carbocycles. The molecule has 1 rings (SSSR count). The van der Waals surface area contributed by atoms with Crippen LogP contribution in [0.15, 0.2) is 30.3 Å². The van der Waals surface area contributed by atoms with E-state index >= 15 is 0 Å². The normalized spacial score (nSPS) is 12.7. The van der Waals surface area contributed by atoms with E-state index in [1.807, 2.05) is 18.2 Å². The fraction of sp³-hybridized carbons (Fsp3) is 0.429. The van der Waals surface area contributed by atoms with Crippen molar-refractivity contribution in [2.45, 2.75) is 37.9 Å². The van der Waals surface area contributed by atoms with E-state index in [9.17, 15) is 22.8 Å². The first-order valence-corrected chi connectivity index (χ1v) is 6.41. The summed E-state index contributed by atoms with van der Waals surface area (Å²) < 4.78 is 36.0. The smallest absolute Gasteiger partial charge is 0.389 e. The third kappa shape index (κ3) is 7.34. The molecule has 1 aromatic rings. The number of nitrogens with one attached hydrogen (secondary N) is 1. The summed E-state index contributed by atoms with van der Waals surface area (Å²) in [5, 5.41) is 11.1. The second kappa shape index (κ2) is 7.66. The largest absolute Gasteiger partial charge is 0.480 e. The Balaban J connectivity index is 2.46. The van der Waals surface area contributed by atoms with E-state index in [-0.39, 0.29) is 6.42 Å². The summed E-state index contributed by atoms with van der Waals surface area (Å²) in [6.07, 6.45) is -5.92. The molecule has 0 fully saturated rings. The van der Waals surface area contributed by atoms with Gasteiger partial charge >= 0.3 is 12.1 Å². The zero-order valence-electron chi connectivity index (χ0n) is 11.2. The molecule has 0 aliphatic carbocycles. The number of halogens is 3. The molecule has 1 aromatic carbocycles. The van der Waals surface area contributed by atoms with Gasteiger partial charge in [-0.25, -0.2) is 4.79 Å². The lowest BCUT2D eigenvalue weighted by Gasteiger charge is -2.15. The van der Waals surface area contributed by atoms with Crippen LogP contribution in [0, 0.1) is 0 Å². The van der Waals surface area contributed by atoms with Gasteiger partial charge in [-0.05, 0) is 18.4 Å². The molecule has 0 aliphatic heterocycles. The summed E-state index contributed by atoms with van der Waals surface area (Å²) in [5.74, 6) is -2.17. The van der Waals surface area contributed by atoms with Gasteiger partial charge in [0, 0.05) is 6.42 Å². The third-order valence-corrected chi connectivity index (χ3v) is 2.83. The number of carboxylic acid groups (broad SMARTS) is 1. The molecule has 4 nitrogen and oxygen atoms in total. The number of hydrogen-bond acceptors (Lipinski definition) is 2. The van der Waals surface area contributed by atoms with Crippen LogP contribution in [0.2, 0.25) is 0 Å². The van der Waals surface area contributed by atoms with Crippen LogP contribution in [-0.2, 0) is 16.0 Å².